The molecule has 0 saturated heterocycles. The van der Waals surface area contributed by atoms with Crippen LogP contribution in [0.2, 0.25) is 0 Å². The van der Waals surface area contributed by atoms with Gasteiger partial charge >= 0.3 is 5.97 Å². The van der Waals surface area contributed by atoms with Crippen LogP contribution in [0.5, 0.6) is 0 Å². The quantitative estimate of drug-likeness (QED) is 0.436. The number of ether oxygens (including phenoxy) is 1. The van der Waals surface area contributed by atoms with Crippen molar-refractivity contribution < 1.29 is 14.3 Å². The van der Waals surface area contributed by atoms with Crippen LogP contribution in [0.25, 0.3) is 10.1 Å². The van der Waals surface area contributed by atoms with Crippen molar-refractivity contribution in [3.63, 3.8) is 0 Å². The van der Waals surface area contributed by atoms with Gasteiger partial charge in [-0.25, -0.2) is 4.79 Å². The zero-order valence-electron chi connectivity index (χ0n) is 16.1. The summed E-state index contributed by atoms with van der Waals surface area (Å²) in [4.78, 5) is 25.1. The molecule has 1 amide bonds. The third-order valence-corrected chi connectivity index (χ3v) is 6.37. The zero-order chi connectivity index (χ0) is 19.1. The first kappa shape index (κ1) is 19.9. The molecule has 0 spiro atoms. The predicted octanol–water partition coefficient (Wildman–Crippen LogP) is 6.16. The minimum Gasteiger partial charge on any atom is -0.462 e. The second-order valence-electron chi connectivity index (χ2n) is 7.38. The maximum Gasteiger partial charge on any atom is 0.341 e. The van der Waals surface area contributed by atoms with Crippen molar-refractivity contribution in [1.82, 2.24) is 0 Å². The first-order chi connectivity index (χ1) is 13.2. The number of carbonyl (C=O) groups is 2. The molecule has 27 heavy (non-hydrogen) atoms. The van der Waals surface area contributed by atoms with Crippen LogP contribution < -0.4 is 5.32 Å². The Bertz CT molecular complexity index is 777. The number of esters is 1. The fourth-order valence-corrected chi connectivity index (χ4v) is 4.82. The van der Waals surface area contributed by atoms with Crippen molar-refractivity contribution >= 4 is 38.3 Å². The fourth-order valence-electron chi connectivity index (χ4n) is 3.72. The molecular formula is C22H29NO3S. The number of hydrogen-bond donors (Lipinski definition) is 1. The highest BCUT2D eigenvalue weighted by molar-refractivity contribution is 7.23. The Morgan fingerprint density at radius 1 is 1.19 bits per heavy atom. The molecule has 4 nitrogen and oxygen atoms in total. The minimum atomic E-state index is -0.344. The van der Waals surface area contributed by atoms with Gasteiger partial charge in [0.2, 0.25) is 5.91 Å². The van der Waals surface area contributed by atoms with Gasteiger partial charge in [0.15, 0.2) is 0 Å². The average molecular weight is 388 g/mol. The van der Waals surface area contributed by atoms with Crippen LogP contribution in [0.1, 0.15) is 75.1 Å². The Balaban J connectivity index is 1.69. The van der Waals surface area contributed by atoms with E-state index in [1.165, 1.54) is 43.4 Å². The first-order valence-corrected chi connectivity index (χ1v) is 11.0. The van der Waals surface area contributed by atoms with E-state index >= 15 is 0 Å². The molecule has 1 aliphatic carbocycles. The number of thiophene rings is 1. The van der Waals surface area contributed by atoms with Gasteiger partial charge in [0, 0.05) is 16.5 Å². The van der Waals surface area contributed by atoms with Crippen molar-refractivity contribution in [2.24, 2.45) is 5.92 Å². The van der Waals surface area contributed by atoms with Crippen LogP contribution in [-0.2, 0) is 9.53 Å². The number of fused-ring (bicyclic) bond motifs is 1. The molecule has 1 aliphatic rings. The molecule has 3 rings (SSSR count). The molecule has 0 bridgehead atoms. The van der Waals surface area contributed by atoms with Gasteiger partial charge in [-0.3, -0.25) is 4.79 Å². The molecule has 1 saturated carbocycles. The molecule has 1 aromatic carbocycles. The van der Waals surface area contributed by atoms with Gasteiger partial charge in [-0.15, -0.1) is 11.3 Å². The standard InChI is InChI=1S/C22H29NO3S/c1-2-3-15-26-22(25)20-17-11-7-8-12-18(17)27-21(20)23-19(24)14-13-16-9-5-4-6-10-16/h7-8,11-12,16H,2-6,9-10,13-15H2,1H3,(H,23,24). The lowest BCUT2D eigenvalue weighted by molar-refractivity contribution is -0.116. The Morgan fingerprint density at radius 3 is 2.74 bits per heavy atom. The largest absolute Gasteiger partial charge is 0.462 e. The second kappa shape index (κ2) is 9.88. The number of carbonyl (C=O) groups excluding carboxylic acids is 2. The highest BCUT2D eigenvalue weighted by Gasteiger charge is 2.22. The monoisotopic (exact) mass is 387 g/mol. The maximum atomic E-state index is 12.6. The van der Waals surface area contributed by atoms with E-state index in [1.54, 1.807) is 0 Å². The SMILES string of the molecule is CCCCOC(=O)c1c(NC(=O)CCC2CCCCC2)sc2ccccc12. The van der Waals surface area contributed by atoms with Gasteiger partial charge in [-0.2, -0.15) is 0 Å². The van der Waals surface area contributed by atoms with E-state index in [0.717, 1.165) is 29.3 Å². The third kappa shape index (κ3) is 5.32. The average Bonchev–Trinajstić information content (AvgIpc) is 3.05. The van der Waals surface area contributed by atoms with E-state index in [2.05, 4.69) is 12.2 Å². The Morgan fingerprint density at radius 2 is 1.96 bits per heavy atom. The number of hydrogen-bond acceptors (Lipinski definition) is 4. The molecular weight excluding hydrogens is 358 g/mol. The van der Waals surface area contributed by atoms with Crippen molar-refractivity contribution in [2.75, 3.05) is 11.9 Å². The van der Waals surface area contributed by atoms with E-state index in [4.69, 9.17) is 4.74 Å². The maximum absolute atomic E-state index is 12.6. The predicted molar refractivity (Wildman–Crippen MR) is 111 cm³/mol. The Hall–Kier alpha value is -1.88. The molecule has 2 aromatic rings. The summed E-state index contributed by atoms with van der Waals surface area (Å²) < 4.78 is 6.42. The second-order valence-corrected chi connectivity index (χ2v) is 8.43. The van der Waals surface area contributed by atoms with E-state index in [0.29, 0.717) is 29.5 Å². The van der Waals surface area contributed by atoms with Crippen LogP contribution in [0, 0.1) is 5.92 Å². The fraction of sp³-hybridized carbons (Fsp3) is 0.545. The number of benzene rings is 1. The zero-order valence-corrected chi connectivity index (χ0v) is 16.9. The summed E-state index contributed by atoms with van der Waals surface area (Å²) in [6.07, 6.45) is 9.66. The Kier molecular flexibility index (Phi) is 7.27. The van der Waals surface area contributed by atoms with Gasteiger partial charge < -0.3 is 10.1 Å². The van der Waals surface area contributed by atoms with Gasteiger partial charge in [0.25, 0.3) is 0 Å². The number of rotatable bonds is 8. The summed E-state index contributed by atoms with van der Waals surface area (Å²) >= 11 is 1.45. The number of amides is 1. The van der Waals surface area contributed by atoms with Crippen molar-refractivity contribution in [3.05, 3.63) is 29.8 Å². The molecule has 0 radical (unpaired) electrons. The summed E-state index contributed by atoms with van der Waals surface area (Å²) in [5.41, 5.74) is 0.498. The van der Waals surface area contributed by atoms with Gasteiger partial charge in [0.05, 0.1) is 6.61 Å². The van der Waals surface area contributed by atoms with E-state index in [1.807, 2.05) is 24.3 Å². The van der Waals surface area contributed by atoms with Gasteiger partial charge in [-0.1, -0.05) is 63.6 Å². The van der Waals surface area contributed by atoms with Crippen molar-refractivity contribution in [3.8, 4) is 0 Å². The Labute approximate surface area is 165 Å². The molecule has 1 N–H and O–H groups in total. The lowest BCUT2D eigenvalue weighted by Crippen LogP contribution is -2.16. The highest BCUT2D eigenvalue weighted by atomic mass is 32.1. The van der Waals surface area contributed by atoms with Crippen LogP contribution in [0.4, 0.5) is 5.00 Å². The summed E-state index contributed by atoms with van der Waals surface area (Å²) in [6.45, 7) is 2.47. The van der Waals surface area contributed by atoms with E-state index in [-0.39, 0.29) is 11.9 Å². The number of unbranched alkanes of at least 4 members (excludes halogenated alkanes) is 1. The third-order valence-electron chi connectivity index (χ3n) is 5.29. The van der Waals surface area contributed by atoms with E-state index < -0.39 is 0 Å². The van der Waals surface area contributed by atoms with E-state index in [9.17, 15) is 9.59 Å². The van der Waals surface area contributed by atoms with Crippen LogP contribution in [0.3, 0.4) is 0 Å². The molecule has 5 heteroatoms. The molecule has 146 valence electrons. The first-order valence-electron chi connectivity index (χ1n) is 10.2. The number of anilines is 1. The summed E-state index contributed by atoms with van der Waals surface area (Å²) in [5, 5.41) is 4.46. The van der Waals surface area contributed by atoms with Crippen LogP contribution in [-0.4, -0.2) is 18.5 Å². The van der Waals surface area contributed by atoms with Gasteiger partial charge in [-0.05, 0) is 24.8 Å². The molecule has 0 aliphatic heterocycles. The molecule has 1 heterocycles. The van der Waals surface area contributed by atoms with Crippen LogP contribution in [0.15, 0.2) is 24.3 Å². The lowest BCUT2D eigenvalue weighted by atomic mass is 9.86. The van der Waals surface area contributed by atoms with Crippen molar-refractivity contribution in [1.29, 1.82) is 0 Å². The van der Waals surface area contributed by atoms with Gasteiger partial charge in [0.1, 0.15) is 10.6 Å². The molecule has 0 unspecified atom stereocenters. The molecule has 1 aromatic heterocycles. The summed E-state index contributed by atoms with van der Waals surface area (Å²) in [6, 6.07) is 7.74. The smallest absolute Gasteiger partial charge is 0.341 e. The molecule has 1 fully saturated rings. The highest BCUT2D eigenvalue weighted by Crippen LogP contribution is 2.36. The van der Waals surface area contributed by atoms with Crippen LogP contribution >= 0.6 is 11.3 Å². The summed E-state index contributed by atoms with van der Waals surface area (Å²) in [5.74, 6) is 0.323. The number of nitrogens with one attached hydrogen (secondary N) is 1. The topological polar surface area (TPSA) is 55.4 Å². The normalized spacial score (nSPS) is 15.0. The molecule has 0 atom stereocenters. The van der Waals surface area contributed by atoms with Crippen molar-refractivity contribution in [2.45, 2.75) is 64.7 Å². The minimum absolute atomic E-state index is 0.00487. The lowest BCUT2D eigenvalue weighted by Gasteiger charge is -2.20. The summed E-state index contributed by atoms with van der Waals surface area (Å²) in [7, 11) is 0.